The molecule has 0 aromatic heterocycles. The lowest BCUT2D eigenvalue weighted by atomic mass is 10.1. The number of rotatable bonds is 8. The zero-order valence-corrected chi connectivity index (χ0v) is 13.8. The Balaban J connectivity index is 1.76. The molecule has 4 nitrogen and oxygen atoms in total. The second-order valence-corrected chi connectivity index (χ2v) is 5.33. The van der Waals surface area contributed by atoms with E-state index in [-0.39, 0.29) is 5.91 Å². The molecule has 2 N–H and O–H groups in total. The maximum atomic E-state index is 12.0. The van der Waals surface area contributed by atoms with E-state index in [1.165, 1.54) is 11.1 Å². The molecule has 0 radical (unpaired) electrons. The number of para-hydroxylation sites is 2. The van der Waals surface area contributed by atoms with Gasteiger partial charge in [-0.25, -0.2) is 0 Å². The summed E-state index contributed by atoms with van der Waals surface area (Å²) in [7, 11) is 0. The maximum absolute atomic E-state index is 12.0. The molecule has 0 fully saturated rings. The molecule has 0 atom stereocenters. The van der Waals surface area contributed by atoms with Gasteiger partial charge in [0.1, 0.15) is 5.75 Å². The first-order valence-electron chi connectivity index (χ1n) is 7.97. The average Bonchev–Trinajstić information content (AvgIpc) is 2.55. The van der Waals surface area contributed by atoms with Crippen molar-refractivity contribution in [1.29, 1.82) is 0 Å². The van der Waals surface area contributed by atoms with Crippen molar-refractivity contribution in [2.45, 2.75) is 26.8 Å². The van der Waals surface area contributed by atoms with Crippen LogP contribution in [0.5, 0.6) is 5.75 Å². The Hall–Kier alpha value is -2.33. The van der Waals surface area contributed by atoms with E-state index in [4.69, 9.17) is 4.74 Å². The zero-order chi connectivity index (χ0) is 16.5. The monoisotopic (exact) mass is 312 g/mol. The predicted molar refractivity (Wildman–Crippen MR) is 93.7 cm³/mol. The molecule has 0 spiro atoms. The Labute approximate surface area is 137 Å². The van der Waals surface area contributed by atoms with Gasteiger partial charge in [0.05, 0.1) is 12.3 Å². The number of nitrogens with one attached hydrogen (secondary N) is 2. The number of carbonyl (C=O) groups is 1. The normalized spacial score (nSPS) is 10.3. The SMILES string of the molecule is CCOc1ccccc1NC(=O)CCNCc1ccccc1C. The van der Waals surface area contributed by atoms with Crippen LogP contribution in [0.25, 0.3) is 0 Å². The molecule has 0 aliphatic heterocycles. The summed E-state index contributed by atoms with van der Waals surface area (Å²) < 4.78 is 5.50. The minimum absolute atomic E-state index is 0.0190. The van der Waals surface area contributed by atoms with Gasteiger partial charge in [-0.3, -0.25) is 4.79 Å². The first-order valence-corrected chi connectivity index (χ1v) is 7.97. The Bertz CT molecular complexity index is 641. The van der Waals surface area contributed by atoms with Crippen LogP contribution >= 0.6 is 0 Å². The van der Waals surface area contributed by atoms with Gasteiger partial charge >= 0.3 is 0 Å². The fourth-order valence-corrected chi connectivity index (χ4v) is 2.30. The molecule has 23 heavy (non-hydrogen) atoms. The highest BCUT2D eigenvalue weighted by atomic mass is 16.5. The van der Waals surface area contributed by atoms with Crippen molar-refractivity contribution < 1.29 is 9.53 Å². The summed E-state index contributed by atoms with van der Waals surface area (Å²) in [6.07, 6.45) is 0.423. The molecule has 0 saturated carbocycles. The fourth-order valence-electron chi connectivity index (χ4n) is 2.30. The third-order valence-corrected chi connectivity index (χ3v) is 3.57. The van der Waals surface area contributed by atoms with E-state index < -0.39 is 0 Å². The van der Waals surface area contributed by atoms with Crippen LogP contribution < -0.4 is 15.4 Å². The molecule has 2 aromatic carbocycles. The Morgan fingerprint density at radius 1 is 1.09 bits per heavy atom. The van der Waals surface area contributed by atoms with Crippen LogP contribution in [0.1, 0.15) is 24.5 Å². The quantitative estimate of drug-likeness (QED) is 0.733. The predicted octanol–water partition coefficient (Wildman–Crippen LogP) is 3.51. The molecule has 1 amide bonds. The Morgan fingerprint density at radius 3 is 2.61 bits per heavy atom. The van der Waals surface area contributed by atoms with Crippen molar-refractivity contribution in [1.82, 2.24) is 5.32 Å². The molecule has 0 saturated heterocycles. The number of aryl methyl sites for hydroxylation is 1. The van der Waals surface area contributed by atoms with Gasteiger partial charge in [-0.15, -0.1) is 0 Å². The van der Waals surface area contributed by atoms with E-state index in [1.807, 2.05) is 43.3 Å². The van der Waals surface area contributed by atoms with E-state index in [1.54, 1.807) is 0 Å². The van der Waals surface area contributed by atoms with Crippen LogP contribution in [0.2, 0.25) is 0 Å². The zero-order valence-electron chi connectivity index (χ0n) is 13.8. The standard InChI is InChI=1S/C19H24N2O2/c1-3-23-18-11-7-6-10-17(18)21-19(22)12-13-20-14-16-9-5-4-8-15(16)2/h4-11,20H,3,12-14H2,1-2H3,(H,21,22). The number of hydrogen-bond donors (Lipinski definition) is 2. The lowest BCUT2D eigenvalue weighted by molar-refractivity contribution is -0.116. The Kier molecular flexibility index (Phi) is 6.63. The van der Waals surface area contributed by atoms with Gasteiger partial charge in [-0.2, -0.15) is 0 Å². The van der Waals surface area contributed by atoms with Gasteiger partial charge in [0.2, 0.25) is 5.91 Å². The maximum Gasteiger partial charge on any atom is 0.225 e. The summed E-state index contributed by atoms with van der Waals surface area (Å²) in [6, 6.07) is 15.7. The van der Waals surface area contributed by atoms with E-state index >= 15 is 0 Å². The van der Waals surface area contributed by atoms with Gasteiger partial charge in [-0.05, 0) is 37.1 Å². The highest BCUT2D eigenvalue weighted by Crippen LogP contribution is 2.23. The Morgan fingerprint density at radius 2 is 1.83 bits per heavy atom. The lowest BCUT2D eigenvalue weighted by Crippen LogP contribution is -2.22. The number of amides is 1. The number of ether oxygens (including phenoxy) is 1. The van der Waals surface area contributed by atoms with Crippen molar-refractivity contribution >= 4 is 11.6 Å². The molecule has 0 unspecified atom stereocenters. The highest BCUT2D eigenvalue weighted by Gasteiger charge is 2.07. The van der Waals surface area contributed by atoms with Gasteiger partial charge in [0.25, 0.3) is 0 Å². The van der Waals surface area contributed by atoms with Crippen LogP contribution in [0, 0.1) is 6.92 Å². The highest BCUT2D eigenvalue weighted by molar-refractivity contribution is 5.92. The van der Waals surface area contributed by atoms with Gasteiger partial charge < -0.3 is 15.4 Å². The lowest BCUT2D eigenvalue weighted by Gasteiger charge is -2.11. The summed E-state index contributed by atoms with van der Waals surface area (Å²) in [5.74, 6) is 0.686. The van der Waals surface area contributed by atoms with E-state index in [9.17, 15) is 4.79 Å². The number of carbonyl (C=O) groups excluding carboxylic acids is 1. The van der Waals surface area contributed by atoms with E-state index in [0.717, 1.165) is 12.2 Å². The van der Waals surface area contributed by atoms with Crippen molar-refractivity contribution in [3.05, 3.63) is 59.7 Å². The number of hydrogen-bond acceptors (Lipinski definition) is 3. The van der Waals surface area contributed by atoms with Crippen molar-refractivity contribution in [2.75, 3.05) is 18.5 Å². The largest absolute Gasteiger partial charge is 0.492 e. The minimum atomic E-state index is -0.0190. The second kappa shape index (κ2) is 8.96. The molecule has 0 heterocycles. The number of anilines is 1. The first-order chi connectivity index (χ1) is 11.2. The van der Waals surface area contributed by atoms with Crippen LogP contribution in [0.3, 0.4) is 0 Å². The first kappa shape index (κ1) is 17.0. The average molecular weight is 312 g/mol. The molecule has 4 heteroatoms. The molecule has 2 rings (SSSR count). The van der Waals surface area contributed by atoms with E-state index in [0.29, 0.717) is 25.3 Å². The smallest absolute Gasteiger partial charge is 0.225 e. The third kappa shape index (κ3) is 5.42. The fraction of sp³-hybridized carbons (Fsp3) is 0.316. The van der Waals surface area contributed by atoms with Crippen LogP contribution in [0.15, 0.2) is 48.5 Å². The molecule has 0 aliphatic carbocycles. The second-order valence-electron chi connectivity index (χ2n) is 5.33. The summed E-state index contributed by atoms with van der Waals surface area (Å²) in [5.41, 5.74) is 3.24. The van der Waals surface area contributed by atoms with Gasteiger partial charge in [-0.1, -0.05) is 36.4 Å². The molecule has 0 aliphatic rings. The molecule has 122 valence electrons. The van der Waals surface area contributed by atoms with E-state index in [2.05, 4.69) is 29.7 Å². The van der Waals surface area contributed by atoms with Gasteiger partial charge in [0.15, 0.2) is 0 Å². The summed E-state index contributed by atoms with van der Waals surface area (Å²) >= 11 is 0. The van der Waals surface area contributed by atoms with Gasteiger partial charge in [0, 0.05) is 19.5 Å². The third-order valence-electron chi connectivity index (χ3n) is 3.57. The van der Waals surface area contributed by atoms with Crippen LogP contribution in [0.4, 0.5) is 5.69 Å². The summed E-state index contributed by atoms with van der Waals surface area (Å²) in [4.78, 5) is 12.0. The molecule has 0 bridgehead atoms. The molecule has 2 aromatic rings. The summed E-state index contributed by atoms with van der Waals surface area (Å²) in [6.45, 7) is 6.00. The van der Waals surface area contributed by atoms with Crippen molar-refractivity contribution in [3.63, 3.8) is 0 Å². The number of benzene rings is 2. The van der Waals surface area contributed by atoms with Crippen molar-refractivity contribution in [2.24, 2.45) is 0 Å². The van der Waals surface area contributed by atoms with Crippen molar-refractivity contribution in [3.8, 4) is 5.75 Å². The summed E-state index contributed by atoms with van der Waals surface area (Å²) in [5, 5.41) is 6.21. The topological polar surface area (TPSA) is 50.4 Å². The van der Waals surface area contributed by atoms with Crippen LogP contribution in [-0.4, -0.2) is 19.1 Å². The molecular formula is C19H24N2O2. The minimum Gasteiger partial charge on any atom is -0.492 e. The molecular weight excluding hydrogens is 288 g/mol. The van der Waals surface area contributed by atoms with Crippen LogP contribution in [-0.2, 0) is 11.3 Å².